The number of nitrogens with zero attached hydrogens (tertiary/aromatic N) is 1. The molecule has 1 saturated heterocycles. The molecule has 0 saturated carbocycles. The minimum atomic E-state index is -0.567. The van der Waals surface area contributed by atoms with Crippen LogP contribution in [0.15, 0.2) is 23.1 Å². The Morgan fingerprint density at radius 2 is 1.96 bits per heavy atom. The van der Waals surface area contributed by atoms with Crippen LogP contribution in [-0.2, 0) is 14.3 Å². The molecule has 1 aromatic rings. The molecule has 0 bridgehead atoms. The van der Waals surface area contributed by atoms with E-state index in [9.17, 15) is 9.59 Å². The average molecular weight is 353 g/mol. The molecule has 1 heterocycles. The first-order valence-electron chi connectivity index (χ1n) is 7.77. The van der Waals surface area contributed by atoms with Crippen LogP contribution in [0.5, 0.6) is 5.75 Å². The van der Waals surface area contributed by atoms with Crippen LogP contribution in [0.4, 0.5) is 0 Å². The Balaban J connectivity index is 1.96. The van der Waals surface area contributed by atoms with E-state index in [2.05, 4.69) is 0 Å². The van der Waals surface area contributed by atoms with E-state index in [1.165, 1.54) is 7.11 Å². The second kappa shape index (κ2) is 8.39. The van der Waals surface area contributed by atoms with Crippen molar-refractivity contribution >= 4 is 23.6 Å². The van der Waals surface area contributed by atoms with Crippen molar-refractivity contribution in [1.29, 1.82) is 0 Å². The SMILES string of the molecule is COc1cc(SC)ccc1C(=O)OCC(=O)N1C[C@H](C)O[C@@H](C)C1. The second-order valence-electron chi connectivity index (χ2n) is 5.70. The number of benzene rings is 1. The van der Waals surface area contributed by atoms with E-state index in [4.69, 9.17) is 14.2 Å². The van der Waals surface area contributed by atoms with Crippen LogP contribution in [0.2, 0.25) is 0 Å². The average Bonchev–Trinajstić information content (AvgIpc) is 2.57. The minimum Gasteiger partial charge on any atom is -0.496 e. The Kier molecular flexibility index (Phi) is 6.51. The monoisotopic (exact) mass is 353 g/mol. The van der Waals surface area contributed by atoms with Crippen LogP contribution < -0.4 is 4.74 Å². The molecule has 1 fully saturated rings. The maximum absolute atomic E-state index is 12.2. The molecule has 0 N–H and O–H groups in total. The summed E-state index contributed by atoms with van der Waals surface area (Å²) >= 11 is 1.55. The fourth-order valence-electron chi connectivity index (χ4n) is 2.65. The molecule has 1 aromatic carbocycles. The molecule has 24 heavy (non-hydrogen) atoms. The highest BCUT2D eigenvalue weighted by atomic mass is 32.2. The number of methoxy groups -OCH3 is 1. The maximum Gasteiger partial charge on any atom is 0.342 e. The fourth-order valence-corrected chi connectivity index (χ4v) is 3.07. The smallest absolute Gasteiger partial charge is 0.342 e. The van der Waals surface area contributed by atoms with Gasteiger partial charge in [-0.1, -0.05) is 0 Å². The van der Waals surface area contributed by atoms with Crippen LogP contribution >= 0.6 is 11.8 Å². The van der Waals surface area contributed by atoms with E-state index in [0.29, 0.717) is 24.4 Å². The maximum atomic E-state index is 12.2. The Labute approximate surface area is 146 Å². The molecule has 1 aliphatic heterocycles. The molecule has 0 unspecified atom stereocenters. The zero-order valence-corrected chi connectivity index (χ0v) is 15.2. The van der Waals surface area contributed by atoms with Crippen molar-refractivity contribution in [2.75, 3.05) is 33.1 Å². The molecule has 132 valence electrons. The third-order valence-corrected chi connectivity index (χ3v) is 4.45. The van der Waals surface area contributed by atoms with Crippen molar-refractivity contribution < 1.29 is 23.8 Å². The van der Waals surface area contributed by atoms with Crippen LogP contribution in [0.1, 0.15) is 24.2 Å². The zero-order chi connectivity index (χ0) is 17.7. The molecule has 0 aliphatic carbocycles. The lowest BCUT2D eigenvalue weighted by molar-refractivity contribution is -0.146. The second-order valence-corrected chi connectivity index (χ2v) is 6.58. The van der Waals surface area contributed by atoms with Crippen molar-refractivity contribution in [2.45, 2.75) is 31.0 Å². The molecular formula is C17H23NO5S. The summed E-state index contributed by atoms with van der Waals surface area (Å²) < 4.78 is 16.0. The van der Waals surface area contributed by atoms with Crippen molar-refractivity contribution in [1.82, 2.24) is 4.90 Å². The Bertz CT molecular complexity index is 597. The number of amides is 1. The number of carbonyl (C=O) groups is 2. The Hall–Kier alpha value is -1.73. The molecule has 1 aliphatic rings. The summed E-state index contributed by atoms with van der Waals surface area (Å²) in [6.45, 7) is 4.56. The first-order chi connectivity index (χ1) is 11.4. The minimum absolute atomic E-state index is 0.0208. The number of ether oxygens (including phenoxy) is 3. The molecular weight excluding hydrogens is 330 g/mol. The van der Waals surface area contributed by atoms with E-state index in [-0.39, 0.29) is 24.7 Å². The number of hydrogen-bond donors (Lipinski definition) is 0. The number of rotatable bonds is 5. The van der Waals surface area contributed by atoms with E-state index in [1.807, 2.05) is 26.2 Å². The number of esters is 1. The van der Waals surface area contributed by atoms with Crippen LogP contribution in [0, 0.1) is 0 Å². The van der Waals surface area contributed by atoms with E-state index in [0.717, 1.165) is 4.90 Å². The molecule has 7 heteroatoms. The molecule has 2 atom stereocenters. The van der Waals surface area contributed by atoms with Gasteiger partial charge in [-0.05, 0) is 38.3 Å². The summed E-state index contributed by atoms with van der Waals surface area (Å²) in [4.78, 5) is 27.1. The first kappa shape index (κ1) is 18.6. The third kappa shape index (κ3) is 4.64. The van der Waals surface area contributed by atoms with Gasteiger partial charge >= 0.3 is 5.97 Å². The largest absolute Gasteiger partial charge is 0.496 e. The fraction of sp³-hybridized carbons (Fsp3) is 0.529. The van der Waals surface area contributed by atoms with Gasteiger partial charge in [-0.25, -0.2) is 4.79 Å². The summed E-state index contributed by atoms with van der Waals surface area (Å²) in [6.07, 6.45) is 1.90. The topological polar surface area (TPSA) is 65.1 Å². The lowest BCUT2D eigenvalue weighted by Gasteiger charge is -2.35. The molecule has 2 rings (SSSR count). The number of carbonyl (C=O) groups excluding carboxylic acids is 2. The highest BCUT2D eigenvalue weighted by molar-refractivity contribution is 7.98. The molecule has 0 aromatic heterocycles. The molecule has 6 nitrogen and oxygen atoms in total. The summed E-state index contributed by atoms with van der Waals surface area (Å²) in [7, 11) is 1.50. The van der Waals surface area contributed by atoms with Gasteiger partial charge in [-0.15, -0.1) is 11.8 Å². The molecule has 0 radical (unpaired) electrons. The predicted molar refractivity (Wildman–Crippen MR) is 91.6 cm³/mol. The standard InChI is InChI=1S/C17H23NO5S/c1-11-8-18(9-12(2)23-11)16(19)10-22-17(20)14-6-5-13(24-4)7-15(14)21-3/h5-7,11-12H,8-10H2,1-4H3/t11-,12-/m0/s1. The summed E-state index contributed by atoms with van der Waals surface area (Å²) in [5.74, 6) is -0.347. The van der Waals surface area contributed by atoms with Crippen LogP contribution in [-0.4, -0.2) is 62.0 Å². The summed E-state index contributed by atoms with van der Waals surface area (Å²) in [5, 5.41) is 0. The van der Waals surface area contributed by atoms with Gasteiger partial charge in [0.15, 0.2) is 6.61 Å². The van der Waals surface area contributed by atoms with Gasteiger partial charge in [0.25, 0.3) is 5.91 Å². The van der Waals surface area contributed by atoms with Gasteiger partial charge < -0.3 is 19.1 Å². The highest BCUT2D eigenvalue weighted by Gasteiger charge is 2.26. The highest BCUT2D eigenvalue weighted by Crippen LogP contribution is 2.26. The molecule has 1 amide bonds. The van der Waals surface area contributed by atoms with Crippen LogP contribution in [0.25, 0.3) is 0 Å². The number of hydrogen-bond acceptors (Lipinski definition) is 6. The van der Waals surface area contributed by atoms with E-state index < -0.39 is 5.97 Å². The van der Waals surface area contributed by atoms with Crippen molar-refractivity contribution in [3.63, 3.8) is 0 Å². The van der Waals surface area contributed by atoms with Gasteiger partial charge in [0.1, 0.15) is 11.3 Å². The van der Waals surface area contributed by atoms with Gasteiger partial charge in [0.2, 0.25) is 0 Å². The lowest BCUT2D eigenvalue weighted by atomic mass is 10.2. The van der Waals surface area contributed by atoms with Crippen LogP contribution in [0.3, 0.4) is 0 Å². The van der Waals surface area contributed by atoms with Gasteiger partial charge in [0.05, 0.1) is 19.3 Å². The lowest BCUT2D eigenvalue weighted by Crippen LogP contribution is -2.49. The number of morpholine rings is 1. The van der Waals surface area contributed by atoms with Crippen molar-refractivity contribution in [3.05, 3.63) is 23.8 Å². The zero-order valence-electron chi connectivity index (χ0n) is 14.4. The third-order valence-electron chi connectivity index (χ3n) is 3.73. The Morgan fingerprint density at radius 1 is 1.29 bits per heavy atom. The number of thioether (sulfide) groups is 1. The van der Waals surface area contributed by atoms with E-state index >= 15 is 0 Å². The van der Waals surface area contributed by atoms with Gasteiger partial charge in [0, 0.05) is 18.0 Å². The van der Waals surface area contributed by atoms with Gasteiger partial charge in [-0.2, -0.15) is 0 Å². The summed E-state index contributed by atoms with van der Waals surface area (Å²) in [6, 6.07) is 5.24. The first-order valence-corrected chi connectivity index (χ1v) is 8.99. The Morgan fingerprint density at radius 3 is 2.54 bits per heavy atom. The quantitative estimate of drug-likeness (QED) is 0.597. The van der Waals surface area contributed by atoms with Gasteiger partial charge in [-0.3, -0.25) is 4.79 Å². The van der Waals surface area contributed by atoms with Crippen molar-refractivity contribution in [2.24, 2.45) is 0 Å². The summed E-state index contributed by atoms with van der Waals surface area (Å²) in [5.41, 5.74) is 0.312. The normalized spacial score (nSPS) is 20.6. The van der Waals surface area contributed by atoms with Crippen molar-refractivity contribution in [3.8, 4) is 5.75 Å². The molecule has 0 spiro atoms. The van der Waals surface area contributed by atoms with E-state index in [1.54, 1.807) is 28.8 Å². The predicted octanol–water partition coefficient (Wildman–Crippen LogP) is 2.21.